The quantitative estimate of drug-likeness (QED) is 0.562. The third-order valence-corrected chi connectivity index (χ3v) is 1.17. The second-order valence-corrected chi connectivity index (χ2v) is 1.75. The van der Waals surface area contributed by atoms with Gasteiger partial charge in [0.1, 0.15) is 12.0 Å². The minimum atomic E-state index is 0.648. The van der Waals surface area contributed by atoms with E-state index in [4.69, 9.17) is 1.41 Å². The summed E-state index contributed by atoms with van der Waals surface area (Å²) in [6.45, 7) is 0. The molecule has 0 saturated carbocycles. The number of nitrogens with zero attached hydrogens (tertiary/aromatic N) is 2. The second kappa shape index (κ2) is 1.55. The lowest BCUT2D eigenvalue weighted by Gasteiger charge is -1.81. The van der Waals surface area contributed by atoms with Crippen molar-refractivity contribution in [1.82, 2.24) is 14.9 Å². The van der Waals surface area contributed by atoms with E-state index in [2.05, 4.69) is 9.97 Å². The molecule has 0 amide bonds. The molecule has 3 nitrogen and oxygen atoms in total. The van der Waals surface area contributed by atoms with E-state index in [1.54, 1.807) is 12.4 Å². The molecule has 0 spiro atoms. The Bertz CT molecular complexity index is 355. The normalized spacial score (nSPS) is 11.8. The van der Waals surface area contributed by atoms with Crippen LogP contribution in [-0.4, -0.2) is 14.9 Å². The molecule has 0 aliphatic rings. The molecule has 0 unspecified atom stereocenters. The van der Waals surface area contributed by atoms with Gasteiger partial charge in [-0.15, -0.1) is 0 Å². The number of H-pyrrole nitrogens is 1. The van der Waals surface area contributed by atoms with E-state index in [9.17, 15) is 0 Å². The summed E-state index contributed by atoms with van der Waals surface area (Å²) < 4.78 is 7.27. The maximum Gasteiger partial charge on any atom is 0.167 e. The minimum Gasteiger partial charge on any atom is -0.346 e. The van der Waals surface area contributed by atoms with Crippen molar-refractivity contribution in [2.24, 2.45) is 0 Å². The third kappa shape index (κ3) is 0.579. The van der Waals surface area contributed by atoms with Crippen LogP contribution in [0.3, 0.4) is 0 Å². The van der Waals surface area contributed by atoms with Crippen LogP contribution in [0.4, 0.5) is 0 Å². The smallest absolute Gasteiger partial charge is 0.167 e. The Labute approximate surface area is 53.2 Å². The number of rotatable bonds is 0. The maximum atomic E-state index is 7.27. The summed E-state index contributed by atoms with van der Waals surface area (Å²) >= 11 is 0. The maximum absolute atomic E-state index is 7.27. The van der Waals surface area contributed by atoms with Gasteiger partial charge in [0.2, 0.25) is 0 Å². The topological polar surface area (TPSA) is 41.6 Å². The Morgan fingerprint density at radius 3 is 3.56 bits per heavy atom. The summed E-state index contributed by atoms with van der Waals surface area (Å²) in [7, 11) is 0. The molecule has 2 aromatic heterocycles. The van der Waals surface area contributed by atoms with Gasteiger partial charge in [-0.3, -0.25) is 0 Å². The van der Waals surface area contributed by atoms with Crippen LogP contribution in [0.15, 0.2) is 24.8 Å². The van der Waals surface area contributed by atoms with E-state index in [1.165, 1.54) is 11.3 Å². The lowest BCUT2D eigenvalue weighted by Crippen LogP contribution is -1.75. The SMILES string of the molecule is [2H]n1ccc2cncnc21. The molecule has 0 bridgehead atoms. The molecule has 44 valence electrons. The minimum absolute atomic E-state index is 0.648. The van der Waals surface area contributed by atoms with Gasteiger partial charge in [0.15, 0.2) is 1.41 Å². The fourth-order valence-corrected chi connectivity index (χ4v) is 0.748. The highest BCUT2D eigenvalue weighted by molar-refractivity contribution is 5.73. The molecule has 9 heavy (non-hydrogen) atoms. The number of aromatic amines is 1. The van der Waals surface area contributed by atoms with Crippen LogP contribution in [0.25, 0.3) is 11.0 Å². The average Bonchev–Trinajstić information content (AvgIpc) is 2.34. The van der Waals surface area contributed by atoms with Crippen LogP contribution in [0.1, 0.15) is 0 Å². The number of aromatic nitrogens is 3. The van der Waals surface area contributed by atoms with Crippen molar-refractivity contribution >= 4 is 11.0 Å². The van der Waals surface area contributed by atoms with E-state index in [0.29, 0.717) is 5.65 Å². The van der Waals surface area contributed by atoms with Gasteiger partial charge in [-0.05, 0) is 6.07 Å². The molecule has 0 aliphatic heterocycles. The van der Waals surface area contributed by atoms with Crippen molar-refractivity contribution < 1.29 is 1.41 Å². The lowest BCUT2D eigenvalue weighted by atomic mass is 10.4. The Balaban J connectivity index is 2.93. The first-order valence-corrected chi connectivity index (χ1v) is 2.64. The van der Waals surface area contributed by atoms with E-state index >= 15 is 0 Å². The predicted molar refractivity (Wildman–Crippen MR) is 33.9 cm³/mol. The average molecular weight is 120 g/mol. The van der Waals surface area contributed by atoms with E-state index in [0.717, 1.165) is 5.39 Å². The van der Waals surface area contributed by atoms with Gasteiger partial charge in [-0.2, -0.15) is 0 Å². The van der Waals surface area contributed by atoms with E-state index in [1.807, 2.05) is 6.07 Å². The first kappa shape index (κ1) is 3.61. The van der Waals surface area contributed by atoms with Crippen molar-refractivity contribution in [2.75, 3.05) is 0 Å². The molecule has 3 heteroatoms. The molecule has 0 saturated heterocycles. The summed E-state index contributed by atoms with van der Waals surface area (Å²) in [4.78, 5) is 8.94. The zero-order valence-electron chi connectivity index (χ0n) is 5.65. The van der Waals surface area contributed by atoms with Crippen LogP contribution in [0.5, 0.6) is 0 Å². The largest absolute Gasteiger partial charge is 0.346 e. The molecule has 0 aromatic carbocycles. The Kier molecular flexibility index (Phi) is 0.621. The van der Waals surface area contributed by atoms with Crippen LogP contribution in [0, 0.1) is 0 Å². The lowest BCUT2D eigenvalue weighted by molar-refractivity contribution is 1.20. The molecule has 0 radical (unpaired) electrons. The molecular weight excluding hydrogens is 114 g/mol. The van der Waals surface area contributed by atoms with Crippen molar-refractivity contribution in [2.45, 2.75) is 0 Å². The van der Waals surface area contributed by atoms with Gasteiger partial charge in [0, 0.05) is 17.8 Å². The van der Waals surface area contributed by atoms with Gasteiger partial charge in [-0.25, -0.2) is 9.97 Å². The first-order valence-electron chi connectivity index (χ1n) is 3.09. The molecule has 0 aliphatic carbocycles. The molecular formula is C6H5N3. The van der Waals surface area contributed by atoms with E-state index < -0.39 is 0 Å². The highest BCUT2D eigenvalue weighted by Crippen LogP contribution is 2.03. The molecule has 0 atom stereocenters. The molecule has 2 rings (SSSR count). The number of hydrogen-bond donors (Lipinski definition) is 1. The fourth-order valence-electron chi connectivity index (χ4n) is 0.748. The van der Waals surface area contributed by atoms with Crippen LogP contribution in [-0.2, 0) is 0 Å². The molecule has 0 fully saturated rings. The summed E-state index contributed by atoms with van der Waals surface area (Å²) in [6, 6.07) is 1.81. The van der Waals surface area contributed by atoms with Crippen molar-refractivity contribution in [1.29, 1.82) is 0 Å². The van der Waals surface area contributed by atoms with E-state index in [-0.39, 0.29) is 0 Å². The number of hydrogen-bond acceptors (Lipinski definition) is 2. The third-order valence-electron chi connectivity index (χ3n) is 1.17. The van der Waals surface area contributed by atoms with Gasteiger partial charge in [-0.1, -0.05) is 0 Å². The predicted octanol–water partition coefficient (Wildman–Crippen LogP) is 0.958. The standard InChI is InChI=1S/C6H5N3/c1-2-8-6-5(1)3-7-4-9-6/h1-4H,(H,7,8,9)/i/hD. The fraction of sp³-hybridized carbons (Fsp3) is 0. The highest BCUT2D eigenvalue weighted by atomic mass is 14.9. The van der Waals surface area contributed by atoms with Crippen molar-refractivity contribution in [3.05, 3.63) is 24.8 Å². The molecule has 1 N–H and O–H groups in total. The van der Waals surface area contributed by atoms with Gasteiger partial charge < -0.3 is 4.98 Å². The number of fused-ring (bicyclic) bond motifs is 1. The molecule has 2 heterocycles. The summed E-state index contributed by atoms with van der Waals surface area (Å²) in [5, 5.41) is 0.900. The summed E-state index contributed by atoms with van der Waals surface area (Å²) in [5.74, 6) is 0. The molecule has 2 aromatic rings. The van der Waals surface area contributed by atoms with Crippen molar-refractivity contribution in [3.63, 3.8) is 0 Å². The van der Waals surface area contributed by atoms with Gasteiger partial charge in [0.25, 0.3) is 0 Å². The Morgan fingerprint density at radius 1 is 1.67 bits per heavy atom. The first-order chi connectivity index (χ1) is 4.88. The van der Waals surface area contributed by atoms with Crippen molar-refractivity contribution in [3.8, 4) is 0 Å². The zero-order chi connectivity index (χ0) is 6.97. The highest BCUT2D eigenvalue weighted by Gasteiger charge is 1.89. The summed E-state index contributed by atoms with van der Waals surface area (Å²) in [6.07, 6.45) is 4.76. The Morgan fingerprint density at radius 2 is 2.67 bits per heavy atom. The van der Waals surface area contributed by atoms with Crippen LogP contribution >= 0.6 is 0 Å². The Hall–Kier alpha value is -1.38. The summed E-state index contributed by atoms with van der Waals surface area (Å²) in [5.41, 5.74) is 0.648. The van der Waals surface area contributed by atoms with Crippen LogP contribution < -0.4 is 0 Å². The monoisotopic (exact) mass is 120 g/mol. The zero-order valence-corrected chi connectivity index (χ0v) is 4.65. The van der Waals surface area contributed by atoms with Gasteiger partial charge >= 0.3 is 0 Å². The van der Waals surface area contributed by atoms with Crippen LogP contribution in [0.2, 0.25) is 1.41 Å². The van der Waals surface area contributed by atoms with Gasteiger partial charge in [0.05, 0.1) is 0 Å². The second-order valence-electron chi connectivity index (χ2n) is 1.75. The number of nitrogens with one attached hydrogen (secondary N) is 1.